The van der Waals surface area contributed by atoms with Crippen LogP contribution in [-0.4, -0.2) is 82.5 Å². The number of carbonyl (C=O) groups is 6. The topological polar surface area (TPSA) is 203 Å². The molecule has 0 saturated heterocycles. The molecule has 0 aromatic rings. The van der Waals surface area contributed by atoms with Gasteiger partial charge < -0.3 is 36.8 Å². The first kappa shape index (κ1) is 44.8. The third-order valence-electron chi connectivity index (χ3n) is 8.80. The molecule has 5 amide bonds. The Kier molecular flexibility index (Phi) is 22.4. The van der Waals surface area contributed by atoms with Crippen molar-refractivity contribution in [3.63, 3.8) is 0 Å². The lowest BCUT2D eigenvalue weighted by Crippen LogP contribution is -2.58. The van der Waals surface area contributed by atoms with Crippen LogP contribution >= 0.6 is 0 Å². The summed E-state index contributed by atoms with van der Waals surface area (Å²) in [5.74, 6) is -3.37. The lowest BCUT2D eigenvalue weighted by Gasteiger charge is -2.31. The van der Waals surface area contributed by atoms with Crippen LogP contribution < -0.4 is 26.6 Å². The molecule has 0 aromatic carbocycles. The van der Waals surface area contributed by atoms with Gasteiger partial charge >= 0.3 is 5.97 Å². The van der Waals surface area contributed by atoms with Crippen LogP contribution in [0.15, 0.2) is 0 Å². The predicted octanol–water partition coefficient (Wildman–Crippen LogP) is 3.18. The van der Waals surface area contributed by atoms with E-state index >= 15 is 0 Å². The number of hydrogen-bond donors (Lipinski definition) is 7. The molecule has 0 unspecified atom stereocenters. The first-order valence-corrected chi connectivity index (χ1v) is 17.6. The van der Waals surface area contributed by atoms with Crippen LogP contribution in [0.2, 0.25) is 0 Å². The van der Waals surface area contributed by atoms with E-state index in [1.165, 1.54) is 0 Å². The molecule has 0 spiro atoms. The molecule has 6 atom stereocenters. The van der Waals surface area contributed by atoms with Gasteiger partial charge in [0.15, 0.2) is 0 Å². The number of rotatable bonds is 22. The third-order valence-corrected chi connectivity index (χ3v) is 8.80. The van der Waals surface area contributed by atoms with E-state index in [9.17, 15) is 33.9 Å². The Hall–Kier alpha value is -3.22. The molecule has 0 aliphatic heterocycles. The maximum absolute atomic E-state index is 13.6. The third kappa shape index (κ3) is 16.7. The molecule has 0 heterocycles. The van der Waals surface area contributed by atoms with Crippen LogP contribution in [0.5, 0.6) is 0 Å². The smallest absolute Gasteiger partial charge is 0.303 e. The molecule has 1 aliphatic carbocycles. The van der Waals surface area contributed by atoms with Crippen molar-refractivity contribution in [1.29, 1.82) is 0 Å². The Morgan fingerprint density at radius 1 is 0.792 bits per heavy atom. The van der Waals surface area contributed by atoms with Gasteiger partial charge in [-0.2, -0.15) is 0 Å². The van der Waals surface area contributed by atoms with E-state index in [0.29, 0.717) is 32.2 Å². The van der Waals surface area contributed by atoms with Crippen molar-refractivity contribution in [3.05, 3.63) is 0 Å². The second-order valence-electron chi connectivity index (χ2n) is 13.4. The molecule has 1 aliphatic rings. The summed E-state index contributed by atoms with van der Waals surface area (Å²) in [6.45, 7) is 11.7. The monoisotopic (exact) mass is 683 g/mol. The molecular formula is C35H65N5O8. The number of aliphatic hydroxyl groups excluding tert-OH is 1. The van der Waals surface area contributed by atoms with E-state index in [4.69, 9.17) is 5.11 Å². The minimum absolute atomic E-state index is 0. The number of hydrogen-bond acceptors (Lipinski definition) is 7. The van der Waals surface area contributed by atoms with Crippen molar-refractivity contribution < 1.29 is 39.0 Å². The van der Waals surface area contributed by atoms with Crippen LogP contribution in [-0.2, 0) is 28.8 Å². The quantitative estimate of drug-likeness (QED) is 0.0901. The van der Waals surface area contributed by atoms with E-state index in [2.05, 4.69) is 26.6 Å². The number of aliphatic carboxylic acids is 1. The van der Waals surface area contributed by atoms with Crippen molar-refractivity contribution in [3.8, 4) is 0 Å². The Balaban J connectivity index is 0.0000221. The van der Waals surface area contributed by atoms with Gasteiger partial charge in [0.2, 0.25) is 29.5 Å². The SMILES string of the molecule is C.CCC[C@H](NC(=O)[C@@H](NC(=O)CCCC(=O)O)[C@@H](C)CC)C(=O)N[C@@H](CC(C)C)[C@@H](O)CC(=O)N[C@H](C(=O)NCC)C1CCCCC1. The zero-order valence-electron chi connectivity index (χ0n) is 29.4. The highest BCUT2D eigenvalue weighted by atomic mass is 16.4. The van der Waals surface area contributed by atoms with Crippen molar-refractivity contribution in [1.82, 2.24) is 26.6 Å². The zero-order chi connectivity index (χ0) is 35.5. The van der Waals surface area contributed by atoms with E-state index in [1.54, 1.807) is 6.92 Å². The van der Waals surface area contributed by atoms with E-state index < -0.39 is 59.9 Å². The summed E-state index contributed by atoms with van der Waals surface area (Å²) in [6, 6.07) is -3.35. The van der Waals surface area contributed by atoms with Crippen LogP contribution in [0.25, 0.3) is 0 Å². The van der Waals surface area contributed by atoms with Gasteiger partial charge in [0.1, 0.15) is 18.1 Å². The van der Waals surface area contributed by atoms with Gasteiger partial charge in [0.25, 0.3) is 0 Å². The number of nitrogens with one attached hydrogen (secondary N) is 5. The van der Waals surface area contributed by atoms with Gasteiger partial charge in [0.05, 0.1) is 18.6 Å². The minimum atomic E-state index is -1.24. The fourth-order valence-corrected chi connectivity index (χ4v) is 5.98. The fraction of sp³-hybridized carbons (Fsp3) is 0.829. The molecule has 13 nitrogen and oxygen atoms in total. The Morgan fingerprint density at radius 3 is 1.98 bits per heavy atom. The minimum Gasteiger partial charge on any atom is -0.481 e. The van der Waals surface area contributed by atoms with Crippen LogP contribution in [0, 0.1) is 17.8 Å². The molecule has 278 valence electrons. The summed E-state index contributed by atoms with van der Waals surface area (Å²) in [5, 5.41) is 34.0. The lowest BCUT2D eigenvalue weighted by molar-refractivity contribution is -0.137. The second-order valence-corrected chi connectivity index (χ2v) is 13.4. The predicted molar refractivity (Wildman–Crippen MR) is 186 cm³/mol. The molecular weight excluding hydrogens is 618 g/mol. The maximum atomic E-state index is 13.6. The van der Waals surface area contributed by atoms with Gasteiger partial charge in [-0.15, -0.1) is 0 Å². The molecule has 1 rings (SSSR count). The lowest BCUT2D eigenvalue weighted by atomic mass is 9.83. The Morgan fingerprint density at radius 2 is 1.44 bits per heavy atom. The summed E-state index contributed by atoms with van der Waals surface area (Å²) < 4.78 is 0. The summed E-state index contributed by atoms with van der Waals surface area (Å²) >= 11 is 0. The number of carboxylic acids is 1. The number of carbonyl (C=O) groups excluding carboxylic acids is 5. The van der Waals surface area contributed by atoms with Gasteiger partial charge in [-0.3, -0.25) is 28.8 Å². The van der Waals surface area contributed by atoms with E-state index in [-0.39, 0.29) is 56.8 Å². The molecule has 13 heteroatoms. The van der Waals surface area contributed by atoms with Gasteiger partial charge in [-0.1, -0.05) is 74.1 Å². The summed E-state index contributed by atoms with van der Waals surface area (Å²) in [4.78, 5) is 76.2. The summed E-state index contributed by atoms with van der Waals surface area (Å²) in [7, 11) is 0. The van der Waals surface area contributed by atoms with Gasteiger partial charge in [-0.05, 0) is 56.8 Å². The Bertz CT molecular complexity index is 1020. The molecule has 0 aromatic heterocycles. The fourth-order valence-electron chi connectivity index (χ4n) is 5.98. The van der Waals surface area contributed by atoms with Crippen LogP contribution in [0.3, 0.4) is 0 Å². The molecule has 1 fully saturated rings. The number of carboxylic acid groups (broad SMARTS) is 1. The molecule has 48 heavy (non-hydrogen) atoms. The highest BCUT2D eigenvalue weighted by molar-refractivity contribution is 5.92. The van der Waals surface area contributed by atoms with Gasteiger partial charge in [0, 0.05) is 19.4 Å². The summed E-state index contributed by atoms with van der Waals surface area (Å²) in [5.41, 5.74) is 0. The standard InChI is InChI=1S/C34H61N5O8.CH4/c1-7-14-24(36-34(47)30(22(6)8-2)38-27(41)17-13-18-29(43)44)32(45)37-25(19-21(4)5)26(40)20-28(42)39-31(33(46)35-9-3)23-15-11-10-12-16-23;/h21-26,30-31,40H,7-20H2,1-6H3,(H,35,46)(H,36,47)(H,37,45)(H,38,41)(H,39,42)(H,43,44);1H4/t22-,24-,25-,26-,30-,31-;/m0./s1. The zero-order valence-corrected chi connectivity index (χ0v) is 29.4. The van der Waals surface area contributed by atoms with Crippen LogP contribution in [0.1, 0.15) is 132 Å². The largest absolute Gasteiger partial charge is 0.481 e. The average molecular weight is 684 g/mol. The van der Waals surface area contributed by atoms with Gasteiger partial charge in [-0.25, -0.2) is 0 Å². The highest BCUT2D eigenvalue weighted by Crippen LogP contribution is 2.27. The first-order chi connectivity index (χ1) is 22.2. The average Bonchev–Trinajstić information content (AvgIpc) is 3.01. The van der Waals surface area contributed by atoms with Crippen molar-refractivity contribution >= 4 is 35.5 Å². The van der Waals surface area contributed by atoms with E-state index in [1.807, 2.05) is 34.6 Å². The summed E-state index contributed by atoms with van der Waals surface area (Å²) in [6.07, 6.45) is 4.97. The second kappa shape index (κ2) is 24.0. The molecule has 0 bridgehead atoms. The number of likely N-dealkylation sites (N-methyl/N-ethyl adjacent to an activating group) is 1. The van der Waals surface area contributed by atoms with E-state index in [0.717, 1.165) is 32.1 Å². The number of amides is 5. The normalized spacial score (nSPS) is 17.0. The molecule has 1 saturated carbocycles. The molecule has 7 N–H and O–H groups in total. The van der Waals surface area contributed by atoms with Crippen molar-refractivity contribution in [2.75, 3.05) is 6.54 Å². The highest BCUT2D eigenvalue weighted by Gasteiger charge is 2.34. The Labute approximate surface area is 287 Å². The first-order valence-electron chi connectivity index (χ1n) is 17.6. The van der Waals surface area contributed by atoms with Crippen molar-refractivity contribution in [2.45, 2.75) is 163 Å². The molecule has 0 radical (unpaired) electrons. The maximum Gasteiger partial charge on any atom is 0.303 e. The van der Waals surface area contributed by atoms with Crippen LogP contribution in [0.4, 0.5) is 0 Å². The number of aliphatic hydroxyl groups is 1. The van der Waals surface area contributed by atoms with Crippen molar-refractivity contribution in [2.24, 2.45) is 17.8 Å².